The maximum absolute atomic E-state index is 11.6. The Balaban J connectivity index is 2.53. The molecule has 1 unspecified atom stereocenters. The maximum Gasteiger partial charge on any atom is 0.308 e. The molecule has 0 bridgehead atoms. The molecule has 1 atom stereocenters. The minimum Gasteiger partial charge on any atom is -0.481 e. The third-order valence-corrected chi connectivity index (χ3v) is 2.81. The van der Waals surface area contributed by atoms with Gasteiger partial charge in [-0.15, -0.1) is 5.10 Å². The van der Waals surface area contributed by atoms with E-state index in [1.54, 1.807) is 0 Å². The normalized spacial score (nSPS) is 13.1. The minimum atomic E-state index is -0.901. The van der Waals surface area contributed by atoms with Crippen LogP contribution < -0.4 is 5.32 Å². The van der Waals surface area contributed by atoms with Crippen LogP contribution in [0.4, 0.5) is 0 Å². The van der Waals surface area contributed by atoms with Gasteiger partial charge in [0.05, 0.1) is 5.92 Å². The SMILES string of the molecule is CC(C)(C)CC(CNC(=O)c1csnn1)C(=O)O. The van der Waals surface area contributed by atoms with Gasteiger partial charge in [0.25, 0.3) is 5.91 Å². The number of hydrogen-bond donors (Lipinski definition) is 2. The Morgan fingerprint density at radius 1 is 1.50 bits per heavy atom. The first-order valence-corrected chi connectivity index (χ1v) is 6.41. The molecule has 0 radical (unpaired) electrons. The highest BCUT2D eigenvalue weighted by Gasteiger charge is 2.25. The molecule has 0 aromatic carbocycles. The van der Waals surface area contributed by atoms with Gasteiger partial charge in [-0.2, -0.15) is 0 Å². The van der Waals surface area contributed by atoms with Crippen molar-refractivity contribution in [2.75, 3.05) is 6.54 Å². The van der Waals surface area contributed by atoms with Crippen molar-refractivity contribution < 1.29 is 14.7 Å². The Bertz CT molecular complexity index is 412. The first-order valence-electron chi connectivity index (χ1n) is 5.57. The molecule has 1 aromatic rings. The number of amides is 1. The Kier molecular flexibility index (Phi) is 4.77. The molecule has 0 spiro atoms. The highest BCUT2D eigenvalue weighted by atomic mass is 32.1. The number of hydrogen-bond acceptors (Lipinski definition) is 5. The van der Waals surface area contributed by atoms with E-state index in [0.717, 1.165) is 11.5 Å². The summed E-state index contributed by atoms with van der Waals surface area (Å²) >= 11 is 1.08. The summed E-state index contributed by atoms with van der Waals surface area (Å²) in [7, 11) is 0. The number of carbonyl (C=O) groups is 2. The van der Waals surface area contributed by atoms with Gasteiger partial charge < -0.3 is 10.4 Å². The van der Waals surface area contributed by atoms with E-state index < -0.39 is 11.9 Å². The predicted octanol–water partition coefficient (Wildman–Crippen LogP) is 1.40. The fourth-order valence-corrected chi connectivity index (χ4v) is 1.99. The van der Waals surface area contributed by atoms with Crippen LogP contribution in [0.5, 0.6) is 0 Å². The van der Waals surface area contributed by atoms with Gasteiger partial charge in [-0.05, 0) is 23.4 Å². The van der Waals surface area contributed by atoms with Gasteiger partial charge in [0.15, 0.2) is 5.69 Å². The molecule has 0 aliphatic carbocycles. The number of aliphatic carboxylic acids is 1. The predicted molar refractivity (Wildman–Crippen MR) is 67.4 cm³/mol. The summed E-state index contributed by atoms with van der Waals surface area (Å²) in [6, 6.07) is 0. The summed E-state index contributed by atoms with van der Waals surface area (Å²) in [5.41, 5.74) is 0.121. The monoisotopic (exact) mass is 271 g/mol. The molecule has 100 valence electrons. The number of aromatic nitrogens is 2. The van der Waals surface area contributed by atoms with Crippen LogP contribution in [0, 0.1) is 11.3 Å². The lowest BCUT2D eigenvalue weighted by Gasteiger charge is -2.23. The number of carbonyl (C=O) groups excluding carboxylic acids is 1. The standard InChI is InChI=1S/C11H17N3O3S/c1-11(2,3)4-7(10(16)17)5-12-9(15)8-6-18-14-13-8/h6-7H,4-5H2,1-3H3,(H,12,15)(H,16,17). The molecule has 2 N–H and O–H groups in total. The summed E-state index contributed by atoms with van der Waals surface area (Å²) in [5.74, 6) is -1.88. The third-order valence-electron chi connectivity index (χ3n) is 2.31. The van der Waals surface area contributed by atoms with Crippen molar-refractivity contribution in [2.24, 2.45) is 11.3 Å². The Labute approximate surface area is 110 Å². The number of nitrogens with one attached hydrogen (secondary N) is 1. The topological polar surface area (TPSA) is 92.2 Å². The quantitative estimate of drug-likeness (QED) is 0.844. The largest absolute Gasteiger partial charge is 0.481 e. The first kappa shape index (κ1) is 14.6. The molecule has 18 heavy (non-hydrogen) atoms. The van der Waals surface area contributed by atoms with Crippen molar-refractivity contribution in [3.8, 4) is 0 Å². The Morgan fingerprint density at radius 2 is 2.17 bits per heavy atom. The summed E-state index contributed by atoms with van der Waals surface area (Å²) < 4.78 is 3.58. The molecule has 0 saturated heterocycles. The van der Waals surface area contributed by atoms with Crippen molar-refractivity contribution in [3.05, 3.63) is 11.1 Å². The zero-order chi connectivity index (χ0) is 13.8. The van der Waals surface area contributed by atoms with Gasteiger partial charge in [0.1, 0.15) is 0 Å². The fraction of sp³-hybridized carbons (Fsp3) is 0.636. The highest BCUT2D eigenvalue weighted by Crippen LogP contribution is 2.24. The average molecular weight is 271 g/mol. The van der Waals surface area contributed by atoms with E-state index in [0.29, 0.717) is 6.42 Å². The summed E-state index contributed by atoms with van der Waals surface area (Å²) in [6.07, 6.45) is 0.498. The second kappa shape index (κ2) is 5.90. The number of nitrogens with zero attached hydrogens (tertiary/aromatic N) is 2. The van der Waals surface area contributed by atoms with Gasteiger partial charge in [-0.1, -0.05) is 25.3 Å². The van der Waals surface area contributed by atoms with Crippen LogP contribution in [0.3, 0.4) is 0 Å². The van der Waals surface area contributed by atoms with Crippen molar-refractivity contribution in [1.82, 2.24) is 14.9 Å². The van der Waals surface area contributed by atoms with Gasteiger partial charge in [-0.3, -0.25) is 9.59 Å². The number of carboxylic acid groups (broad SMARTS) is 1. The Morgan fingerprint density at radius 3 is 2.61 bits per heavy atom. The van der Waals surface area contributed by atoms with Crippen LogP contribution in [0.15, 0.2) is 5.38 Å². The maximum atomic E-state index is 11.6. The molecule has 1 rings (SSSR count). The van der Waals surface area contributed by atoms with Crippen molar-refractivity contribution >= 4 is 23.4 Å². The van der Waals surface area contributed by atoms with E-state index >= 15 is 0 Å². The molecule has 0 saturated carbocycles. The molecular weight excluding hydrogens is 254 g/mol. The van der Waals surface area contributed by atoms with E-state index in [1.165, 1.54) is 5.38 Å². The van der Waals surface area contributed by atoms with Crippen LogP contribution in [0.1, 0.15) is 37.7 Å². The highest BCUT2D eigenvalue weighted by molar-refractivity contribution is 7.03. The zero-order valence-electron chi connectivity index (χ0n) is 10.6. The van der Waals surface area contributed by atoms with E-state index in [2.05, 4.69) is 14.9 Å². The molecule has 0 aliphatic rings. The van der Waals surface area contributed by atoms with Gasteiger partial charge >= 0.3 is 5.97 Å². The molecule has 0 aliphatic heterocycles. The molecule has 1 amide bonds. The van der Waals surface area contributed by atoms with E-state index in [4.69, 9.17) is 5.11 Å². The lowest BCUT2D eigenvalue weighted by atomic mass is 9.84. The fourth-order valence-electron chi connectivity index (χ4n) is 1.56. The van der Waals surface area contributed by atoms with Crippen LogP contribution >= 0.6 is 11.5 Å². The van der Waals surface area contributed by atoms with Crippen LogP contribution in [-0.2, 0) is 4.79 Å². The van der Waals surface area contributed by atoms with Crippen molar-refractivity contribution in [2.45, 2.75) is 27.2 Å². The zero-order valence-corrected chi connectivity index (χ0v) is 11.5. The van der Waals surface area contributed by atoms with Gasteiger partial charge in [-0.25, -0.2) is 0 Å². The molecule has 7 heteroatoms. The summed E-state index contributed by atoms with van der Waals surface area (Å²) in [6.45, 7) is 6.00. The van der Waals surface area contributed by atoms with Crippen LogP contribution in [0.2, 0.25) is 0 Å². The lowest BCUT2D eigenvalue weighted by Crippen LogP contribution is -2.35. The molecule has 0 fully saturated rings. The summed E-state index contributed by atoms with van der Waals surface area (Å²) in [4.78, 5) is 22.7. The lowest BCUT2D eigenvalue weighted by molar-refractivity contribution is -0.142. The molecule has 1 heterocycles. The Hall–Kier alpha value is -1.50. The second-order valence-corrected chi connectivity index (χ2v) is 5.91. The van der Waals surface area contributed by atoms with Crippen LogP contribution in [0.25, 0.3) is 0 Å². The smallest absolute Gasteiger partial charge is 0.308 e. The third kappa shape index (κ3) is 4.79. The molecule has 1 aromatic heterocycles. The van der Waals surface area contributed by atoms with Gasteiger partial charge in [0.2, 0.25) is 0 Å². The first-order chi connectivity index (χ1) is 8.29. The van der Waals surface area contributed by atoms with E-state index in [9.17, 15) is 9.59 Å². The second-order valence-electron chi connectivity index (χ2n) is 5.30. The number of carboxylic acids is 1. The summed E-state index contributed by atoms with van der Waals surface area (Å²) in [5, 5.41) is 16.8. The van der Waals surface area contributed by atoms with Crippen molar-refractivity contribution in [3.63, 3.8) is 0 Å². The van der Waals surface area contributed by atoms with E-state index in [1.807, 2.05) is 20.8 Å². The average Bonchev–Trinajstić information content (AvgIpc) is 2.75. The minimum absolute atomic E-state index is 0.100. The van der Waals surface area contributed by atoms with Crippen molar-refractivity contribution in [1.29, 1.82) is 0 Å². The van der Waals surface area contributed by atoms with E-state index in [-0.39, 0.29) is 23.6 Å². The molecule has 6 nitrogen and oxygen atoms in total. The molecular formula is C11H17N3O3S. The number of rotatable bonds is 5. The van der Waals surface area contributed by atoms with Gasteiger partial charge in [0, 0.05) is 11.9 Å². The van der Waals surface area contributed by atoms with Crippen LogP contribution in [-0.4, -0.2) is 33.1 Å².